The third kappa shape index (κ3) is 3.08. The molecule has 1 fully saturated rings. The number of rotatable bonds is 6. The number of likely N-dealkylation sites (N-methyl/N-ethyl adjacent to an activating group) is 1. The van der Waals surface area contributed by atoms with Gasteiger partial charge in [0.25, 0.3) is 0 Å². The van der Waals surface area contributed by atoms with Gasteiger partial charge in [-0.15, -0.1) is 11.3 Å². The highest BCUT2D eigenvalue weighted by atomic mass is 32.1. The fourth-order valence-electron chi connectivity index (χ4n) is 2.68. The first kappa shape index (κ1) is 13.7. The zero-order valence-corrected chi connectivity index (χ0v) is 12.6. The number of hydrogen-bond acceptors (Lipinski definition) is 4. The van der Waals surface area contributed by atoms with Gasteiger partial charge in [0, 0.05) is 30.1 Å². The normalized spacial score (nSPS) is 16.6. The Balaban J connectivity index is 1.68. The van der Waals surface area contributed by atoms with Gasteiger partial charge in [0.2, 0.25) is 0 Å². The van der Waals surface area contributed by atoms with Crippen LogP contribution in [-0.4, -0.2) is 29.5 Å². The summed E-state index contributed by atoms with van der Waals surface area (Å²) in [6, 6.07) is 10.9. The van der Waals surface area contributed by atoms with Gasteiger partial charge in [0.05, 0.1) is 5.69 Å². The summed E-state index contributed by atoms with van der Waals surface area (Å²) in [6.07, 6.45) is 2.66. The van der Waals surface area contributed by atoms with Crippen LogP contribution in [0.5, 0.6) is 0 Å². The van der Waals surface area contributed by atoms with Crippen molar-refractivity contribution in [1.82, 2.24) is 9.88 Å². The molecule has 2 aromatic rings. The highest BCUT2D eigenvalue weighted by molar-refractivity contribution is 7.13. The summed E-state index contributed by atoms with van der Waals surface area (Å²) in [5.74, 6) is 0.803. The summed E-state index contributed by atoms with van der Waals surface area (Å²) in [4.78, 5) is 7.12. The third-order valence-corrected chi connectivity index (χ3v) is 4.90. The molecule has 1 aromatic heterocycles. The fourth-order valence-corrected chi connectivity index (χ4v) is 3.50. The van der Waals surface area contributed by atoms with Crippen molar-refractivity contribution >= 4 is 11.3 Å². The second kappa shape index (κ2) is 6.04. The minimum absolute atomic E-state index is 0.511. The lowest BCUT2D eigenvalue weighted by atomic mass is 10.1. The predicted octanol–water partition coefficient (Wildman–Crippen LogP) is 2.98. The van der Waals surface area contributed by atoms with Crippen molar-refractivity contribution in [3.05, 3.63) is 41.4 Å². The van der Waals surface area contributed by atoms with Gasteiger partial charge in [-0.25, -0.2) is 4.98 Å². The Labute approximate surface area is 124 Å². The third-order valence-electron chi connectivity index (χ3n) is 3.96. The Morgan fingerprint density at radius 1 is 1.35 bits per heavy atom. The van der Waals surface area contributed by atoms with Crippen LogP contribution in [0.25, 0.3) is 10.6 Å². The van der Waals surface area contributed by atoms with E-state index in [-0.39, 0.29) is 0 Å². The Kier molecular flexibility index (Phi) is 4.15. The lowest BCUT2D eigenvalue weighted by Crippen LogP contribution is -2.39. The summed E-state index contributed by atoms with van der Waals surface area (Å²) in [7, 11) is 2.16. The molecule has 20 heavy (non-hydrogen) atoms. The number of benzene rings is 1. The van der Waals surface area contributed by atoms with Crippen LogP contribution < -0.4 is 5.73 Å². The van der Waals surface area contributed by atoms with Crippen molar-refractivity contribution in [3.8, 4) is 10.6 Å². The molecule has 0 radical (unpaired) electrons. The maximum Gasteiger partial charge on any atom is 0.123 e. The molecule has 1 unspecified atom stereocenters. The van der Waals surface area contributed by atoms with E-state index in [4.69, 9.17) is 10.7 Å². The van der Waals surface area contributed by atoms with E-state index in [1.54, 1.807) is 11.3 Å². The molecule has 1 aromatic carbocycles. The number of nitrogens with zero attached hydrogens (tertiary/aromatic N) is 2. The van der Waals surface area contributed by atoms with Gasteiger partial charge in [-0.2, -0.15) is 0 Å². The Bertz CT molecular complexity index is 548. The maximum atomic E-state index is 5.91. The number of hydrogen-bond donors (Lipinski definition) is 1. The van der Waals surface area contributed by atoms with Crippen molar-refractivity contribution in [1.29, 1.82) is 0 Å². The van der Waals surface area contributed by atoms with Gasteiger partial charge in [-0.3, -0.25) is 4.90 Å². The number of aromatic nitrogens is 1. The molecule has 1 heterocycles. The van der Waals surface area contributed by atoms with Crippen LogP contribution in [0.4, 0.5) is 0 Å². The van der Waals surface area contributed by atoms with Crippen molar-refractivity contribution in [2.45, 2.75) is 25.4 Å². The molecular weight excluding hydrogens is 266 g/mol. The number of nitrogens with two attached hydrogens (primary N) is 1. The topological polar surface area (TPSA) is 42.2 Å². The van der Waals surface area contributed by atoms with Crippen LogP contribution in [0, 0.1) is 5.92 Å². The Morgan fingerprint density at radius 3 is 2.75 bits per heavy atom. The van der Waals surface area contributed by atoms with E-state index in [9.17, 15) is 0 Å². The summed E-state index contributed by atoms with van der Waals surface area (Å²) in [5.41, 5.74) is 8.25. The molecular formula is C16H21N3S. The van der Waals surface area contributed by atoms with E-state index >= 15 is 0 Å². The largest absolute Gasteiger partial charge is 0.329 e. The lowest BCUT2D eigenvalue weighted by molar-refractivity contribution is 0.214. The van der Waals surface area contributed by atoms with Crippen molar-refractivity contribution in [2.75, 3.05) is 13.6 Å². The fraction of sp³-hybridized carbons (Fsp3) is 0.438. The van der Waals surface area contributed by atoms with E-state index in [0.29, 0.717) is 6.04 Å². The van der Waals surface area contributed by atoms with Crippen LogP contribution in [0.15, 0.2) is 35.7 Å². The zero-order chi connectivity index (χ0) is 13.9. The molecule has 0 amide bonds. The van der Waals surface area contributed by atoms with Crippen LogP contribution in [0.2, 0.25) is 0 Å². The molecule has 3 nitrogen and oxygen atoms in total. The van der Waals surface area contributed by atoms with Crippen molar-refractivity contribution in [3.63, 3.8) is 0 Å². The average Bonchev–Trinajstić information content (AvgIpc) is 3.19. The van der Waals surface area contributed by atoms with Crippen LogP contribution in [-0.2, 0) is 6.54 Å². The molecule has 0 bridgehead atoms. The van der Waals surface area contributed by atoms with Gasteiger partial charge >= 0.3 is 0 Å². The molecule has 0 saturated heterocycles. The van der Waals surface area contributed by atoms with Crippen molar-refractivity contribution < 1.29 is 0 Å². The monoisotopic (exact) mass is 287 g/mol. The summed E-state index contributed by atoms with van der Waals surface area (Å²) in [5, 5.41) is 3.27. The van der Waals surface area contributed by atoms with Gasteiger partial charge in [-0.05, 0) is 25.8 Å². The molecule has 1 saturated carbocycles. The van der Waals surface area contributed by atoms with Gasteiger partial charge in [-0.1, -0.05) is 30.3 Å². The summed E-state index contributed by atoms with van der Waals surface area (Å²) >= 11 is 1.72. The lowest BCUT2D eigenvalue weighted by Gasteiger charge is -2.26. The minimum Gasteiger partial charge on any atom is -0.329 e. The molecule has 1 atom stereocenters. The van der Waals surface area contributed by atoms with Gasteiger partial charge in [0.15, 0.2) is 0 Å². The molecule has 0 spiro atoms. The molecule has 1 aliphatic carbocycles. The Hall–Kier alpha value is -1.23. The van der Waals surface area contributed by atoms with Gasteiger partial charge in [0.1, 0.15) is 5.01 Å². The van der Waals surface area contributed by atoms with E-state index < -0.39 is 0 Å². The Morgan fingerprint density at radius 2 is 2.10 bits per heavy atom. The standard InChI is InChI=1S/C16H21N3S/c1-19(15(9-17)12-7-8-12)10-14-11-20-16(18-14)13-5-3-2-4-6-13/h2-6,11-12,15H,7-10,17H2,1H3. The minimum atomic E-state index is 0.511. The van der Waals surface area contributed by atoms with E-state index in [1.807, 2.05) is 6.07 Å². The SMILES string of the molecule is CN(Cc1csc(-c2ccccc2)n1)C(CN)C1CC1. The molecule has 3 rings (SSSR count). The second-order valence-corrected chi connectivity index (χ2v) is 6.42. The highest BCUT2D eigenvalue weighted by Crippen LogP contribution is 2.35. The molecule has 1 aliphatic rings. The van der Waals surface area contributed by atoms with Crippen LogP contribution in [0.1, 0.15) is 18.5 Å². The smallest absolute Gasteiger partial charge is 0.123 e. The maximum absolute atomic E-state index is 5.91. The predicted molar refractivity (Wildman–Crippen MR) is 84.6 cm³/mol. The molecule has 2 N–H and O–H groups in total. The molecule has 0 aliphatic heterocycles. The summed E-state index contributed by atoms with van der Waals surface area (Å²) < 4.78 is 0. The first-order valence-corrected chi connectivity index (χ1v) is 8.06. The van der Waals surface area contributed by atoms with E-state index in [1.165, 1.54) is 18.4 Å². The van der Waals surface area contributed by atoms with E-state index in [2.05, 4.69) is 41.6 Å². The number of thiazole rings is 1. The summed E-state index contributed by atoms with van der Waals surface area (Å²) in [6.45, 7) is 1.64. The quantitative estimate of drug-likeness (QED) is 0.888. The van der Waals surface area contributed by atoms with Gasteiger partial charge < -0.3 is 5.73 Å². The average molecular weight is 287 g/mol. The molecule has 106 valence electrons. The molecule has 4 heteroatoms. The van der Waals surface area contributed by atoms with Crippen molar-refractivity contribution in [2.24, 2.45) is 11.7 Å². The van der Waals surface area contributed by atoms with Crippen LogP contribution >= 0.6 is 11.3 Å². The first-order chi connectivity index (χ1) is 9.78. The zero-order valence-electron chi connectivity index (χ0n) is 11.8. The van der Waals surface area contributed by atoms with E-state index in [0.717, 1.165) is 29.7 Å². The van der Waals surface area contributed by atoms with Crippen LogP contribution in [0.3, 0.4) is 0 Å². The highest BCUT2D eigenvalue weighted by Gasteiger charge is 2.32. The first-order valence-electron chi connectivity index (χ1n) is 7.18. The second-order valence-electron chi connectivity index (χ2n) is 5.57.